The van der Waals surface area contributed by atoms with Crippen molar-refractivity contribution in [2.24, 2.45) is 0 Å². The van der Waals surface area contributed by atoms with Crippen LogP contribution in [-0.2, 0) is 10.3 Å². The zero-order chi connectivity index (χ0) is 22.5. The van der Waals surface area contributed by atoms with Gasteiger partial charge in [0, 0.05) is 30.2 Å². The summed E-state index contributed by atoms with van der Waals surface area (Å²) in [7, 11) is 0. The number of hydrogen-bond donors (Lipinski definition) is 2. The number of carbonyl (C=O) groups is 4. The van der Waals surface area contributed by atoms with Crippen molar-refractivity contribution in [3.63, 3.8) is 0 Å². The molecule has 2 aromatic heterocycles. The maximum absolute atomic E-state index is 13.1. The van der Waals surface area contributed by atoms with Crippen molar-refractivity contribution in [1.29, 1.82) is 0 Å². The highest BCUT2D eigenvalue weighted by molar-refractivity contribution is 6.11. The van der Waals surface area contributed by atoms with E-state index in [9.17, 15) is 19.2 Å². The van der Waals surface area contributed by atoms with Crippen molar-refractivity contribution >= 4 is 34.6 Å². The molecule has 0 spiro atoms. The maximum Gasteiger partial charge on any atom is 0.325 e. The number of urea groups is 1. The van der Waals surface area contributed by atoms with Crippen LogP contribution in [0.15, 0.2) is 47.0 Å². The number of aromatic nitrogens is 1. The number of ketones is 1. The van der Waals surface area contributed by atoms with E-state index < -0.39 is 29.8 Å². The molecule has 4 heterocycles. The number of nitrogens with one attached hydrogen (secondary N) is 2. The maximum atomic E-state index is 13.1. The Morgan fingerprint density at radius 3 is 2.62 bits per heavy atom. The van der Waals surface area contributed by atoms with Crippen molar-refractivity contribution in [1.82, 2.24) is 20.1 Å². The molecule has 0 bridgehead atoms. The molecule has 2 aliphatic rings. The molecule has 2 N–H and O–H groups in total. The lowest BCUT2D eigenvalue weighted by atomic mass is 9.98. The molecule has 2 fully saturated rings. The third kappa shape index (κ3) is 3.17. The number of Topliss-reactive ketones (excluding diaryl/α,β-unsaturated/α-hetero) is 1. The average Bonchev–Trinajstić information content (AvgIpc) is 3.57. The number of amides is 4. The molecule has 5 rings (SSSR count). The van der Waals surface area contributed by atoms with E-state index in [1.165, 1.54) is 12.3 Å². The molecule has 32 heavy (non-hydrogen) atoms. The molecule has 164 valence electrons. The van der Waals surface area contributed by atoms with Crippen LogP contribution in [0.2, 0.25) is 0 Å². The molecule has 9 heteroatoms. The number of hydrogen-bond acceptors (Lipinski definition) is 5. The van der Waals surface area contributed by atoms with Crippen molar-refractivity contribution < 1.29 is 23.6 Å². The van der Waals surface area contributed by atoms with Crippen LogP contribution >= 0.6 is 0 Å². The van der Waals surface area contributed by atoms with Gasteiger partial charge < -0.3 is 19.6 Å². The first-order valence-electron chi connectivity index (χ1n) is 10.5. The Balaban J connectivity index is 1.33. The van der Waals surface area contributed by atoms with Crippen LogP contribution in [0.25, 0.3) is 11.0 Å². The molecular formula is C23H22N4O5. The Morgan fingerprint density at radius 2 is 1.88 bits per heavy atom. The predicted octanol–water partition coefficient (Wildman–Crippen LogP) is 2.65. The normalized spacial score (nSPS) is 20.9. The van der Waals surface area contributed by atoms with Gasteiger partial charge in [-0.2, -0.15) is 0 Å². The van der Waals surface area contributed by atoms with Crippen LogP contribution in [0.5, 0.6) is 0 Å². The highest BCUT2D eigenvalue weighted by Crippen LogP contribution is 2.33. The second-order valence-corrected chi connectivity index (χ2v) is 8.32. The van der Waals surface area contributed by atoms with Gasteiger partial charge in [-0.1, -0.05) is 18.2 Å². The number of carbonyl (C=O) groups excluding carboxylic acids is 4. The van der Waals surface area contributed by atoms with Gasteiger partial charge in [-0.3, -0.25) is 19.3 Å². The Labute approximate surface area is 183 Å². The Kier molecular flexibility index (Phi) is 4.61. The van der Waals surface area contributed by atoms with Gasteiger partial charge in [0.1, 0.15) is 17.0 Å². The molecule has 2 saturated heterocycles. The predicted molar refractivity (Wildman–Crippen MR) is 114 cm³/mol. The molecule has 0 unspecified atom stereocenters. The summed E-state index contributed by atoms with van der Waals surface area (Å²) in [5.41, 5.74) is -0.251. The minimum Gasteiger partial charge on any atom is -0.458 e. The van der Waals surface area contributed by atoms with E-state index in [0.717, 1.165) is 23.1 Å². The van der Waals surface area contributed by atoms with Gasteiger partial charge in [0.25, 0.3) is 11.8 Å². The zero-order valence-electron chi connectivity index (χ0n) is 17.5. The van der Waals surface area contributed by atoms with Crippen molar-refractivity contribution in [2.75, 3.05) is 19.6 Å². The van der Waals surface area contributed by atoms with E-state index in [0.29, 0.717) is 30.1 Å². The molecule has 0 saturated carbocycles. The summed E-state index contributed by atoms with van der Waals surface area (Å²) in [4.78, 5) is 56.4. The number of nitrogens with zero attached hydrogens (tertiary/aromatic N) is 2. The van der Waals surface area contributed by atoms with Gasteiger partial charge in [-0.15, -0.1) is 0 Å². The highest BCUT2D eigenvalue weighted by Gasteiger charge is 2.51. The van der Waals surface area contributed by atoms with Crippen molar-refractivity contribution in [2.45, 2.75) is 25.3 Å². The van der Waals surface area contributed by atoms with Crippen LogP contribution < -0.4 is 5.32 Å². The molecule has 1 aromatic carbocycles. The van der Waals surface area contributed by atoms with Gasteiger partial charge in [-0.25, -0.2) is 4.79 Å². The van der Waals surface area contributed by atoms with Gasteiger partial charge in [0.2, 0.25) is 0 Å². The van der Waals surface area contributed by atoms with Gasteiger partial charge >= 0.3 is 6.03 Å². The number of para-hydroxylation sites is 1. The van der Waals surface area contributed by atoms with Crippen LogP contribution in [0.4, 0.5) is 4.79 Å². The number of benzene rings is 1. The number of fused-ring (bicyclic) bond motifs is 1. The van der Waals surface area contributed by atoms with E-state index in [-0.39, 0.29) is 11.5 Å². The van der Waals surface area contributed by atoms with Crippen LogP contribution in [-0.4, -0.2) is 58.0 Å². The monoisotopic (exact) mass is 434 g/mol. The minimum absolute atomic E-state index is 0.158. The second kappa shape index (κ2) is 7.37. The van der Waals surface area contributed by atoms with E-state index in [1.54, 1.807) is 24.0 Å². The first kappa shape index (κ1) is 20.0. The lowest BCUT2D eigenvalue weighted by molar-refractivity contribution is -0.131. The highest BCUT2D eigenvalue weighted by atomic mass is 16.3. The van der Waals surface area contributed by atoms with E-state index >= 15 is 0 Å². The molecule has 0 aliphatic carbocycles. The third-order valence-electron chi connectivity index (χ3n) is 6.12. The first-order valence-corrected chi connectivity index (χ1v) is 10.5. The summed E-state index contributed by atoms with van der Waals surface area (Å²) >= 11 is 0. The number of aromatic amines is 1. The summed E-state index contributed by atoms with van der Waals surface area (Å²) in [5, 5.41) is 3.46. The lowest BCUT2D eigenvalue weighted by Gasteiger charge is -2.18. The zero-order valence-corrected chi connectivity index (χ0v) is 17.5. The van der Waals surface area contributed by atoms with Crippen molar-refractivity contribution in [3.8, 4) is 0 Å². The van der Waals surface area contributed by atoms with E-state index in [1.807, 2.05) is 18.2 Å². The first-order chi connectivity index (χ1) is 15.4. The molecule has 1 atom stereocenters. The topological polar surface area (TPSA) is 116 Å². The van der Waals surface area contributed by atoms with Crippen molar-refractivity contribution in [3.05, 3.63) is 59.6 Å². The molecule has 9 nitrogen and oxygen atoms in total. The Bertz CT molecular complexity index is 1220. The van der Waals surface area contributed by atoms with E-state index in [4.69, 9.17) is 4.42 Å². The largest absolute Gasteiger partial charge is 0.458 e. The Hall–Kier alpha value is -3.88. The molecular weight excluding hydrogens is 412 g/mol. The number of rotatable bonds is 5. The lowest BCUT2D eigenvalue weighted by Crippen LogP contribution is -2.41. The van der Waals surface area contributed by atoms with Crippen LogP contribution in [0, 0.1) is 0 Å². The molecule has 4 amide bonds. The number of likely N-dealkylation sites (tertiary alicyclic amines) is 1. The standard InChI is InChI=1S/C23H22N4O5/c1-23(19-11-14-6-2-3-7-18(14)32-19)21(30)27(22(31)25-23)13-17(28)15-10-16(24-12-15)20(29)26-8-4-5-9-26/h2-3,6-7,10-12,24H,4-5,8-9,13H2,1H3,(H,25,31)/t23-/m1/s1. The van der Waals surface area contributed by atoms with Gasteiger partial charge in [0.05, 0.1) is 6.54 Å². The number of H-pyrrole nitrogens is 1. The Morgan fingerprint density at radius 1 is 1.12 bits per heavy atom. The number of imide groups is 1. The fourth-order valence-electron chi connectivity index (χ4n) is 4.24. The SMILES string of the molecule is C[C@]1(c2cc3ccccc3o2)NC(=O)N(CC(=O)c2c[nH]c(C(=O)N3CCCC3)c2)C1=O. The van der Waals surface area contributed by atoms with Gasteiger partial charge in [-0.05, 0) is 38.0 Å². The average molecular weight is 434 g/mol. The minimum atomic E-state index is -1.41. The number of furan rings is 1. The smallest absolute Gasteiger partial charge is 0.325 e. The fraction of sp³-hybridized carbons (Fsp3) is 0.304. The van der Waals surface area contributed by atoms with E-state index in [2.05, 4.69) is 10.3 Å². The fourth-order valence-corrected chi connectivity index (χ4v) is 4.24. The van der Waals surface area contributed by atoms with Crippen LogP contribution in [0.1, 0.15) is 46.4 Å². The quantitative estimate of drug-likeness (QED) is 0.473. The summed E-state index contributed by atoms with van der Waals surface area (Å²) in [5.74, 6) is -0.876. The summed E-state index contributed by atoms with van der Waals surface area (Å²) in [6.07, 6.45) is 3.37. The third-order valence-corrected chi connectivity index (χ3v) is 6.12. The van der Waals surface area contributed by atoms with Crippen LogP contribution in [0.3, 0.4) is 0 Å². The summed E-state index contributed by atoms with van der Waals surface area (Å²) < 4.78 is 5.80. The molecule has 0 radical (unpaired) electrons. The molecule has 2 aliphatic heterocycles. The second-order valence-electron chi connectivity index (χ2n) is 8.32. The van der Waals surface area contributed by atoms with Gasteiger partial charge in [0.15, 0.2) is 11.3 Å². The summed E-state index contributed by atoms with van der Waals surface area (Å²) in [6, 6.07) is 9.80. The summed E-state index contributed by atoms with van der Waals surface area (Å²) in [6.45, 7) is 2.52. The molecule has 3 aromatic rings.